The summed E-state index contributed by atoms with van der Waals surface area (Å²) in [6.45, 7) is 1.62. The third-order valence-corrected chi connectivity index (χ3v) is 4.46. The van der Waals surface area contributed by atoms with E-state index in [-0.39, 0.29) is 9.88 Å². The van der Waals surface area contributed by atoms with E-state index in [0.29, 0.717) is 16.8 Å². The van der Waals surface area contributed by atoms with Crippen molar-refractivity contribution in [3.8, 4) is 0 Å². The van der Waals surface area contributed by atoms with Crippen LogP contribution in [0.5, 0.6) is 0 Å². The summed E-state index contributed by atoms with van der Waals surface area (Å²) in [5, 5.41) is 0. The Morgan fingerprint density at radius 2 is 1.95 bits per heavy atom. The fourth-order valence-electron chi connectivity index (χ4n) is 1.76. The number of anilines is 1. The topological polar surface area (TPSA) is 72.2 Å². The minimum atomic E-state index is -3.79. The van der Waals surface area contributed by atoms with Crippen LogP contribution < -0.4 is 10.5 Å². The Morgan fingerprint density at radius 1 is 1.24 bits per heavy atom. The molecule has 110 valence electrons. The maximum absolute atomic E-state index is 13.0. The quantitative estimate of drug-likeness (QED) is 0.848. The van der Waals surface area contributed by atoms with Crippen molar-refractivity contribution in [2.45, 2.75) is 11.8 Å². The van der Waals surface area contributed by atoms with Crippen molar-refractivity contribution in [2.24, 2.45) is 5.73 Å². The van der Waals surface area contributed by atoms with Crippen molar-refractivity contribution in [1.29, 1.82) is 0 Å². The first kappa shape index (κ1) is 15.4. The Balaban J connectivity index is 2.38. The van der Waals surface area contributed by atoms with Gasteiger partial charge in [0.2, 0.25) is 0 Å². The van der Waals surface area contributed by atoms with Crippen LogP contribution in [0.2, 0.25) is 0 Å². The molecular weight excluding hydrogens is 311 g/mol. The highest BCUT2D eigenvalue weighted by molar-refractivity contribution is 7.92. The van der Waals surface area contributed by atoms with Crippen LogP contribution in [0.15, 0.2) is 47.4 Å². The number of hydrogen-bond acceptors (Lipinski definition) is 3. The van der Waals surface area contributed by atoms with Crippen molar-refractivity contribution < 1.29 is 12.8 Å². The van der Waals surface area contributed by atoms with Crippen LogP contribution in [-0.2, 0) is 10.0 Å². The van der Waals surface area contributed by atoms with Gasteiger partial charge >= 0.3 is 0 Å². The molecule has 0 saturated carbocycles. The molecule has 7 heteroatoms. The van der Waals surface area contributed by atoms with E-state index in [1.807, 2.05) is 0 Å². The number of hydrogen-bond donors (Lipinski definition) is 2. The second kappa shape index (κ2) is 5.79. The Morgan fingerprint density at radius 3 is 2.57 bits per heavy atom. The molecule has 2 aromatic carbocycles. The first-order valence-corrected chi connectivity index (χ1v) is 7.87. The van der Waals surface area contributed by atoms with E-state index in [1.165, 1.54) is 30.3 Å². The highest BCUT2D eigenvalue weighted by atomic mass is 32.2. The summed E-state index contributed by atoms with van der Waals surface area (Å²) in [5.74, 6) is -0.425. The molecule has 2 rings (SSSR count). The average Bonchev–Trinajstić information content (AvgIpc) is 2.42. The van der Waals surface area contributed by atoms with Gasteiger partial charge in [0.25, 0.3) is 10.0 Å². The van der Waals surface area contributed by atoms with Gasteiger partial charge in [0.15, 0.2) is 0 Å². The molecule has 0 saturated heterocycles. The maximum atomic E-state index is 13.0. The van der Waals surface area contributed by atoms with Crippen molar-refractivity contribution in [3.63, 3.8) is 0 Å². The Hall–Kier alpha value is -1.99. The van der Waals surface area contributed by atoms with E-state index >= 15 is 0 Å². The summed E-state index contributed by atoms with van der Waals surface area (Å²) >= 11 is 4.83. The van der Waals surface area contributed by atoms with Gasteiger partial charge in [-0.3, -0.25) is 4.72 Å². The molecule has 0 fully saturated rings. The summed E-state index contributed by atoms with van der Waals surface area (Å²) in [5.41, 5.74) is 6.76. The molecule has 2 aromatic rings. The number of sulfonamides is 1. The number of thiocarbonyl (C=S) groups is 1. The first-order chi connectivity index (χ1) is 9.79. The Bertz CT molecular complexity index is 804. The number of nitrogens with one attached hydrogen (secondary N) is 1. The molecule has 0 aliphatic carbocycles. The zero-order chi connectivity index (χ0) is 15.6. The van der Waals surface area contributed by atoms with Gasteiger partial charge in [0.05, 0.1) is 10.6 Å². The van der Waals surface area contributed by atoms with Gasteiger partial charge in [-0.05, 0) is 42.8 Å². The lowest BCUT2D eigenvalue weighted by atomic mass is 10.2. The summed E-state index contributed by atoms with van der Waals surface area (Å²) in [6.07, 6.45) is 0. The van der Waals surface area contributed by atoms with Crippen LogP contribution in [0, 0.1) is 12.7 Å². The van der Waals surface area contributed by atoms with Crippen molar-refractivity contribution in [2.75, 3.05) is 4.72 Å². The molecule has 0 spiro atoms. The van der Waals surface area contributed by atoms with E-state index in [2.05, 4.69) is 4.72 Å². The van der Waals surface area contributed by atoms with Gasteiger partial charge < -0.3 is 5.73 Å². The smallest absolute Gasteiger partial charge is 0.261 e. The number of aryl methyl sites for hydroxylation is 1. The van der Waals surface area contributed by atoms with Crippen LogP contribution in [0.25, 0.3) is 0 Å². The van der Waals surface area contributed by atoms with Gasteiger partial charge in [0.1, 0.15) is 10.8 Å². The third-order valence-electron chi connectivity index (χ3n) is 2.86. The predicted octanol–water partition coefficient (Wildman–Crippen LogP) is 2.57. The van der Waals surface area contributed by atoms with Crippen LogP contribution in [-0.4, -0.2) is 13.4 Å². The molecule has 0 aliphatic heterocycles. The van der Waals surface area contributed by atoms with Crippen LogP contribution in [0.3, 0.4) is 0 Å². The SMILES string of the molecule is Cc1cc(F)ccc1NS(=O)(=O)c1cccc(C(N)=S)c1. The molecule has 0 radical (unpaired) electrons. The van der Waals surface area contributed by atoms with E-state index in [4.69, 9.17) is 18.0 Å². The van der Waals surface area contributed by atoms with E-state index in [0.717, 1.165) is 0 Å². The van der Waals surface area contributed by atoms with E-state index in [1.54, 1.807) is 19.1 Å². The molecule has 0 aromatic heterocycles. The van der Waals surface area contributed by atoms with E-state index in [9.17, 15) is 12.8 Å². The van der Waals surface area contributed by atoms with Gasteiger partial charge in [-0.25, -0.2) is 12.8 Å². The number of rotatable bonds is 4. The molecule has 0 amide bonds. The van der Waals surface area contributed by atoms with E-state index < -0.39 is 15.8 Å². The zero-order valence-electron chi connectivity index (χ0n) is 11.1. The lowest BCUT2D eigenvalue weighted by Gasteiger charge is -2.11. The summed E-state index contributed by atoms with van der Waals surface area (Å²) in [4.78, 5) is 0.154. The minimum Gasteiger partial charge on any atom is -0.389 e. The summed E-state index contributed by atoms with van der Waals surface area (Å²) in [7, 11) is -3.79. The van der Waals surface area contributed by atoms with Crippen molar-refractivity contribution >= 4 is 32.9 Å². The minimum absolute atomic E-state index is 0.0384. The van der Waals surface area contributed by atoms with Gasteiger partial charge in [-0.2, -0.15) is 0 Å². The fourth-order valence-corrected chi connectivity index (χ4v) is 3.07. The Kier molecular flexibility index (Phi) is 4.24. The number of halogens is 1. The molecule has 4 nitrogen and oxygen atoms in total. The zero-order valence-corrected chi connectivity index (χ0v) is 12.8. The second-order valence-electron chi connectivity index (χ2n) is 4.46. The van der Waals surface area contributed by atoms with Crippen LogP contribution >= 0.6 is 12.2 Å². The first-order valence-electron chi connectivity index (χ1n) is 5.98. The molecule has 0 aliphatic rings. The lowest BCUT2D eigenvalue weighted by Crippen LogP contribution is -2.15. The number of nitrogens with two attached hydrogens (primary N) is 1. The molecule has 0 heterocycles. The average molecular weight is 324 g/mol. The highest BCUT2D eigenvalue weighted by Crippen LogP contribution is 2.21. The largest absolute Gasteiger partial charge is 0.389 e. The van der Waals surface area contributed by atoms with Gasteiger partial charge in [-0.1, -0.05) is 24.4 Å². The highest BCUT2D eigenvalue weighted by Gasteiger charge is 2.16. The molecule has 0 bridgehead atoms. The fraction of sp³-hybridized carbons (Fsp3) is 0.0714. The summed E-state index contributed by atoms with van der Waals surface area (Å²) < 4.78 is 40.1. The van der Waals surface area contributed by atoms with Crippen LogP contribution in [0.4, 0.5) is 10.1 Å². The molecule has 3 N–H and O–H groups in total. The predicted molar refractivity (Wildman–Crippen MR) is 84.3 cm³/mol. The third kappa shape index (κ3) is 3.56. The molecule has 0 atom stereocenters. The van der Waals surface area contributed by atoms with Gasteiger partial charge in [0, 0.05) is 5.56 Å². The molecule has 21 heavy (non-hydrogen) atoms. The number of benzene rings is 2. The lowest BCUT2D eigenvalue weighted by molar-refractivity contribution is 0.601. The maximum Gasteiger partial charge on any atom is 0.261 e. The van der Waals surface area contributed by atoms with Gasteiger partial charge in [-0.15, -0.1) is 0 Å². The summed E-state index contributed by atoms with van der Waals surface area (Å²) in [6, 6.07) is 9.83. The second-order valence-corrected chi connectivity index (χ2v) is 6.58. The molecular formula is C14H13FN2O2S2. The monoisotopic (exact) mass is 324 g/mol. The van der Waals surface area contributed by atoms with Crippen molar-refractivity contribution in [3.05, 3.63) is 59.4 Å². The normalized spacial score (nSPS) is 11.1. The Labute approximate surface area is 127 Å². The standard InChI is InChI=1S/C14H13FN2O2S2/c1-9-7-11(15)5-6-13(9)17-21(18,19)12-4-2-3-10(8-12)14(16)20/h2-8,17H,1H3,(H2,16,20). The molecule has 0 unspecified atom stereocenters. The van der Waals surface area contributed by atoms with Crippen molar-refractivity contribution in [1.82, 2.24) is 0 Å². The van der Waals surface area contributed by atoms with Crippen LogP contribution in [0.1, 0.15) is 11.1 Å².